The first kappa shape index (κ1) is 31.2. The number of hydrogen-bond donors (Lipinski definition) is 5. The van der Waals surface area contributed by atoms with Crippen LogP contribution in [0.2, 0.25) is 0 Å². The number of rotatable bonds is 10. The summed E-state index contributed by atoms with van der Waals surface area (Å²) in [6.07, 6.45) is -0.155. The average Bonchev–Trinajstić information content (AvgIpc) is 3.79. The Morgan fingerprint density at radius 1 is 1.09 bits per heavy atom. The number of likely N-dealkylation sites (tertiary alicyclic amines) is 1. The van der Waals surface area contributed by atoms with Crippen molar-refractivity contribution >= 4 is 35.0 Å². The van der Waals surface area contributed by atoms with Gasteiger partial charge in [-0.05, 0) is 59.4 Å². The van der Waals surface area contributed by atoms with Crippen LogP contribution in [0.5, 0.6) is 0 Å². The Kier molecular flexibility index (Phi) is 9.36. The molecule has 0 aliphatic carbocycles. The third-order valence-corrected chi connectivity index (χ3v) is 8.54. The summed E-state index contributed by atoms with van der Waals surface area (Å²) in [4.78, 5) is 52.9. The molecule has 5 rings (SSSR count). The highest BCUT2D eigenvalue weighted by atomic mass is 32.1. The molecule has 0 saturated carbocycles. The lowest BCUT2D eigenvalue weighted by atomic mass is 10.0. The molecule has 2 aliphatic rings. The van der Waals surface area contributed by atoms with E-state index in [1.54, 1.807) is 19.2 Å². The van der Waals surface area contributed by atoms with Gasteiger partial charge in [0.2, 0.25) is 11.8 Å². The zero-order valence-corrected chi connectivity index (χ0v) is 24.6. The van der Waals surface area contributed by atoms with Crippen LogP contribution in [0.3, 0.4) is 0 Å². The fourth-order valence-corrected chi connectivity index (χ4v) is 6.06. The van der Waals surface area contributed by atoms with Crippen molar-refractivity contribution in [3.8, 4) is 11.1 Å². The smallest absolute Gasteiger partial charge is 0.338 e. The highest BCUT2D eigenvalue weighted by Gasteiger charge is 2.52. The molecule has 44 heavy (non-hydrogen) atoms. The number of benzene rings is 2. The summed E-state index contributed by atoms with van der Waals surface area (Å²) in [5, 5.41) is 19.5. The van der Waals surface area contributed by atoms with E-state index in [1.165, 1.54) is 40.5 Å². The van der Waals surface area contributed by atoms with Gasteiger partial charge in [0, 0.05) is 16.9 Å². The first-order chi connectivity index (χ1) is 21.1. The van der Waals surface area contributed by atoms with Crippen LogP contribution in [0.4, 0.5) is 4.39 Å². The molecular formula is C30H32FN5O7S. The Hall–Kier alpha value is -4.21. The predicted molar refractivity (Wildman–Crippen MR) is 158 cm³/mol. The molecular weight excluding hydrogens is 593 g/mol. The van der Waals surface area contributed by atoms with Crippen molar-refractivity contribution in [3.63, 3.8) is 0 Å². The van der Waals surface area contributed by atoms with Crippen LogP contribution in [-0.2, 0) is 25.6 Å². The maximum absolute atomic E-state index is 13.8. The number of aromatic carboxylic acids is 1. The maximum atomic E-state index is 13.8. The quantitative estimate of drug-likeness (QED) is 0.211. The number of carboxylic acids is 1. The number of nitrogens with two attached hydrogens (primary N) is 1. The van der Waals surface area contributed by atoms with Gasteiger partial charge in [0.1, 0.15) is 11.9 Å². The number of halogens is 1. The molecule has 3 amide bonds. The van der Waals surface area contributed by atoms with Gasteiger partial charge >= 0.3 is 5.97 Å². The van der Waals surface area contributed by atoms with E-state index in [-0.39, 0.29) is 43.7 Å². The zero-order valence-electron chi connectivity index (χ0n) is 23.8. The lowest BCUT2D eigenvalue weighted by Gasteiger charge is -2.24. The Morgan fingerprint density at radius 2 is 1.80 bits per heavy atom. The molecule has 12 nitrogen and oxygen atoms in total. The number of thiophene rings is 1. The van der Waals surface area contributed by atoms with Crippen LogP contribution in [0.25, 0.3) is 11.1 Å². The second-order valence-corrected chi connectivity index (χ2v) is 11.4. The van der Waals surface area contributed by atoms with E-state index in [2.05, 4.69) is 16.0 Å². The zero-order chi connectivity index (χ0) is 31.4. The summed E-state index contributed by atoms with van der Waals surface area (Å²) in [5.41, 5.74) is 7.74. The second kappa shape index (κ2) is 13.2. The Bertz CT molecular complexity index is 1560. The number of ether oxygens (including phenoxy) is 2. The van der Waals surface area contributed by atoms with E-state index in [4.69, 9.17) is 15.2 Å². The molecule has 3 aromatic rings. The van der Waals surface area contributed by atoms with Crippen LogP contribution in [0.15, 0.2) is 53.9 Å². The monoisotopic (exact) mass is 625 g/mol. The fourth-order valence-electron chi connectivity index (χ4n) is 5.20. The second-order valence-electron chi connectivity index (χ2n) is 10.4. The highest BCUT2D eigenvalue weighted by Crippen LogP contribution is 2.35. The highest BCUT2D eigenvalue weighted by molar-refractivity contribution is 7.10. The van der Waals surface area contributed by atoms with Gasteiger partial charge < -0.3 is 41.2 Å². The van der Waals surface area contributed by atoms with Gasteiger partial charge in [-0.2, -0.15) is 0 Å². The van der Waals surface area contributed by atoms with Gasteiger partial charge in [-0.1, -0.05) is 18.2 Å². The first-order valence-electron chi connectivity index (χ1n) is 13.9. The van der Waals surface area contributed by atoms with Crippen molar-refractivity contribution in [3.05, 3.63) is 81.3 Å². The summed E-state index contributed by atoms with van der Waals surface area (Å²) in [6, 6.07) is 11.0. The van der Waals surface area contributed by atoms with Crippen LogP contribution in [-0.4, -0.2) is 78.9 Å². The summed E-state index contributed by atoms with van der Waals surface area (Å²) in [5.74, 6) is -4.66. The average molecular weight is 626 g/mol. The number of carboxylic acid groups (broad SMARTS) is 1. The van der Waals surface area contributed by atoms with Gasteiger partial charge in [0.15, 0.2) is 5.79 Å². The van der Waals surface area contributed by atoms with Crippen molar-refractivity contribution in [2.45, 2.75) is 31.0 Å². The third kappa shape index (κ3) is 6.79. The van der Waals surface area contributed by atoms with E-state index in [1.807, 2.05) is 11.4 Å². The van der Waals surface area contributed by atoms with Crippen molar-refractivity contribution in [1.82, 2.24) is 20.9 Å². The van der Waals surface area contributed by atoms with E-state index in [0.717, 1.165) is 16.5 Å². The van der Waals surface area contributed by atoms with Crippen molar-refractivity contribution < 1.29 is 38.1 Å². The number of nitrogens with one attached hydrogen (secondary N) is 3. The summed E-state index contributed by atoms with van der Waals surface area (Å²) < 4.78 is 25.3. The molecule has 1 unspecified atom stereocenters. The molecule has 2 aliphatic heterocycles. The minimum absolute atomic E-state index is 0.0463. The molecule has 2 atom stereocenters. The van der Waals surface area contributed by atoms with Crippen LogP contribution < -0.4 is 21.7 Å². The van der Waals surface area contributed by atoms with Crippen LogP contribution >= 0.6 is 11.3 Å². The number of carbonyl (C=O) groups is 4. The molecule has 14 heteroatoms. The summed E-state index contributed by atoms with van der Waals surface area (Å²) in [6.45, 7) is 0.640. The number of amides is 3. The molecule has 1 spiro atoms. The van der Waals surface area contributed by atoms with Crippen LogP contribution in [0.1, 0.15) is 43.7 Å². The van der Waals surface area contributed by atoms with Gasteiger partial charge in [-0.25, -0.2) is 9.18 Å². The lowest BCUT2D eigenvalue weighted by molar-refractivity contribution is -0.152. The predicted octanol–water partition coefficient (Wildman–Crippen LogP) is 1.82. The molecule has 232 valence electrons. The summed E-state index contributed by atoms with van der Waals surface area (Å²) >= 11 is 1.46. The Balaban J connectivity index is 1.21. The molecule has 2 fully saturated rings. The topological polar surface area (TPSA) is 172 Å². The molecule has 2 aromatic carbocycles. The van der Waals surface area contributed by atoms with E-state index in [9.17, 15) is 28.7 Å². The molecule has 0 bridgehead atoms. The minimum Gasteiger partial charge on any atom is -0.478 e. The molecule has 3 heterocycles. The third-order valence-electron chi connectivity index (χ3n) is 7.59. The van der Waals surface area contributed by atoms with Crippen LogP contribution in [0, 0.1) is 5.82 Å². The minimum atomic E-state index is -1.38. The molecule has 1 aromatic heterocycles. The van der Waals surface area contributed by atoms with Gasteiger partial charge in [-0.3, -0.25) is 14.4 Å². The molecule has 0 radical (unpaired) electrons. The van der Waals surface area contributed by atoms with E-state index < -0.39 is 41.0 Å². The lowest BCUT2D eigenvalue weighted by Crippen LogP contribution is -2.49. The van der Waals surface area contributed by atoms with Gasteiger partial charge in [0.25, 0.3) is 5.91 Å². The largest absolute Gasteiger partial charge is 0.478 e. The number of nitrogens with zero attached hydrogens (tertiary/aromatic N) is 1. The van der Waals surface area contributed by atoms with Gasteiger partial charge in [0.05, 0.1) is 44.6 Å². The number of hydrogen-bond acceptors (Lipinski definition) is 9. The van der Waals surface area contributed by atoms with E-state index in [0.29, 0.717) is 24.3 Å². The normalized spacial score (nSPS) is 17.9. The van der Waals surface area contributed by atoms with E-state index >= 15 is 0 Å². The fraction of sp³-hybridized carbons (Fsp3) is 0.333. The maximum Gasteiger partial charge on any atom is 0.338 e. The Labute approximate surface area is 256 Å². The standard InChI is InChI=1S/C30H32FN5O7S/c1-33-26(32)20-10-21(44-15-20)13-34-28(39)24-12-30(42-8-9-43-30)16-36(24)25(37)14-35-27(38)18-4-2-17(3-5-18)19-6-7-23(31)22(11-19)29(40)41/h2-7,10-11,15,24,26,33H,8-9,12-14,16,32H2,1H3,(H,34,39)(H,35,38)(H,40,41)/t24-,26?/m0/s1. The molecule has 2 saturated heterocycles. The summed E-state index contributed by atoms with van der Waals surface area (Å²) in [7, 11) is 1.76. The first-order valence-corrected chi connectivity index (χ1v) is 14.7. The SMILES string of the molecule is CNC(N)c1csc(CNC(=O)[C@@H]2CC3(CN2C(=O)CNC(=O)c2ccc(-c4ccc(F)c(C(=O)O)c4)cc2)OCCO3)c1. The van der Waals surface area contributed by atoms with Gasteiger partial charge in [-0.15, -0.1) is 11.3 Å². The van der Waals surface area contributed by atoms with Crippen molar-refractivity contribution in [1.29, 1.82) is 0 Å². The molecule has 6 N–H and O–H groups in total. The van der Waals surface area contributed by atoms with Crippen molar-refractivity contribution in [2.75, 3.05) is 33.4 Å². The van der Waals surface area contributed by atoms with Crippen molar-refractivity contribution in [2.24, 2.45) is 5.73 Å². The Morgan fingerprint density at radius 3 is 2.48 bits per heavy atom. The number of carbonyl (C=O) groups excluding carboxylic acids is 3.